The summed E-state index contributed by atoms with van der Waals surface area (Å²) in [6.07, 6.45) is 4.17. The number of carbonyl (C=O) groups excluding carboxylic acids is 1. The number of pyridine rings is 1. The van der Waals surface area contributed by atoms with Crippen molar-refractivity contribution in [3.63, 3.8) is 0 Å². The van der Waals surface area contributed by atoms with Crippen LogP contribution >= 0.6 is 0 Å². The summed E-state index contributed by atoms with van der Waals surface area (Å²) in [6.45, 7) is 4.13. The van der Waals surface area contributed by atoms with Gasteiger partial charge in [0.15, 0.2) is 6.29 Å². The third-order valence-electron chi connectivity index (χ3n) is 2.59. The van der Waals surface area contributed by atoms with Crippen molar-refractivity contribution in [3.8, 4) is 11.1 Å². The number of carbonyl (C=O) groups is 1. The summed E-state index contributed by atoms with van der Waals surface area (Å²) in [6, 6.07) is 8.12. The molecule has 2 heteroatoms. The Hall–Kier alpha value is -1.96. The second kappa shape index (κ2) is 4.27. The minimum atomic E-state index is 0.609. The van der Waals surface area contributed by atoms with Crippen molar-refractivity contribution in [1.82, 2.24) is 4.98 Å². The summed E-state index contributed by atoms with van der Waals surface area (Å²) in [7, 11) is 0. The Bertz CT molecular complexity index is 532. The maximum Gasteiger partial charge on any atom is 0.151 e. The Labute approximate surface area is 95.0 Å². The summed E-state index contributed by atoms with van der Waals surface area (Å²) in [5.41, 5.74) is 5.16. The van der Waals surface area contributed by atoms with Crippen molar-refractivity contribution in [3.05, 3.63) is 53.3 Å². The number of aromatic nitrogens is 1. The molecule has 0 saturated carbocycles. The van der Waals surface area contributed by atoms with E-state index in [1.807, 2.05) is 6.07 Å². The molecule has 0 N–H and O–H groups in total. The fraction of sp³-hybridized carbons (Fsp3) is 0.143. The van der Waals surface area contributed by atoms with Gasteiger partial charge >= 0.3 is 0 Å². The van der Waals surface area contributed by atoms with Crippen molar-refractivity contribution >= 4 is 6.29 Å². The number of hydrogen-bond donors (Lipinski definition) is 0. The second-order valence-corrected chi connectivity index (χ2v) is 3.94. The lowest BCUT2D eigenvalue weighted by Gasteiger charge is -2.06. The van der Waals surface area contributed by atoms with Gasteiger partial charge in [0, 0.05) is 23.5 Å². The largest absolute Gasteiger partial charge is 0.298 e. The molecule has 1 aromatic heterocycles. The van der Waals surface area contributed by atoms with Gasteiger partial charge in [-0.2, -0.15) is 0 Å². The number of rotatable bonds is 2. The SMILES string of the molecule is Cc1ccc(-c2cncc(C=O)c2)c(C)c1. The zero-order chi connectivity index (χ0) is 11.5. The van der Waals surface area contributed by atoms with Gasteiger partial charge in [0.05, 0.1) is 0 Å². The number of benzene rings is 1. The first-order chi connectivity index (χ1) is 7.70. The normalized spacial score (nSPS) is 10.1. The van der Waals surface area contributed by atoms with Gasteiger partial charge in [0.1, 0.15) is 0 Å². The fourth-order valence-corrected chi connectivity index (χ4v) is 1.81. The molecule has 80 valence electrons. The predicted octanol–water partition coefficient (Wildman–Crippen LogP) is 3.18. The Morgan fingerprint density at radius 3 is 2.62 bits per heavy atom. The number of nitrogens with zero attached hydrogens (tertiary/aromatic N) is 1. The monoisotopic (exact) mass is 211 g/mol. The zero-order valence-corrected chi connectivity index (χ0v) is 9.40. The van der Waals surface area contributed by atoms with E-state index >= 15 is 0 Å². The first kappa shape index (κ1) is 10.6. The summed E-state index contributed by atoms with van der Waals surface area (Å²) >= 11 is 0. The van der Waals surface area contributed by atoms with Crippen LogP contribution < -0.4 is 0 Å². The smallest absolute Gasteiger partial charge is 0.151 e. The van der Waals surface area contributed by atoms with Crippen LogP contribution in [0.3, 0.4) is 0 Å². The van der Waals surface area contributed by atoms with Crippen LogP contribution in [0, 0.1) is 13.8 Å². The van der Waals surface area contributed by atoms with Gasteiger partial charge in [-0.05, 0) is 31.0 Å². The summed E-state index contributed by atoms with van der Waals surface area (Å²) in [5.74, 6) is 0. The Balaban J connectivity index is 2.53. The maximum absolute atomic E-state index is 10.7. The fourth-order valence-electron chi connectivity index (χ4n) is 1.81. The quantitative estimate of drug-likeness (QED) is 0.714. The van der Waals surface area contributed by atoms with Crippen molar-refractivity contribution in [1.29, 1.82) is 0 Å². The van der Waals surface area contributed by atoms with E-state index in [1.165, 1.54) is 11.1 Å². The van der Waals surface area contributed by atoms with Gasteiger partial charge < -0.3 is 0 Å². The van der Waals surface area contributed by atoms with Crippen LogP contribution in [0.25, 0.3) is 11.1 Å². The highest BCUT2D eigenvalue weighted by molar-refractivity contribution is 5.78. The molecule has 0 atom stereocenters. The lowest BCUT2D eigenvalue weighted by molar-refractivity contribution is 0.112. The lowest BCUT2D eigenvalue weighted by atomic mass is 9.99. The van der Waals surface area contributed by atoms with Crippen molar-refractivity contribution in [2.75, 3.05) is 0 Å². The molecular formula is C14H13NO. The molecule has 0 unspecified atom stereocenters. The van der Waals surface area contributed by atoms with Gasteiger partial charge in [0.2, 0.25) is 0 Å². The molecule has 0 spiro atoms. The molecule has 0 saturated heterocycles. The molecule has 0 aliphatic rings. The van der Waals surface area contributed by atoms with Gasteiger partial charge in [-0.25, -0.2) is 0 Å². The van der Waals surface area contributed by atoms with E-state index in [0.717, 1.165) is 17.4 Å². The Morgan fingerprint density at radius 1 is 1.12 bits per heavy atom. The van der Waals surface area contributed by atoms with Crippen LogP contribution in [0.1, 0.15) is 21.5 Å². The third-order valence-corrected chi connectivity index (χ3v) is 2.59. The van der Waals surface area contributed by atoms with Crippen LogP contribution in [-0.2, 0) is 0 Å². The third kappa shape index (κ3) is 2.01. The summed E-state index contributed by atoms with van der Waals surface area (Å²) in [5, 5.41) is 0. The van der Waals surface area contributed by atoms with E-state index in [-0.39, 0.29) is 0 Å². The molecule has 0 aliphatic heterocycles. The Kier molecular flexibility index (Phi) is 2.82. The van der Waals surface area contributed by atoms with Gasteiger partial charge in [-0.15, -0.1) is 0 Å². The highest BCUT2D eigenvalue weighted by Crippen LogP contribution is 2.23. The topological polar surface area (TPSA) is 30.0 Å². The van der Waals surface area contributed by atoms with Crippen LogP contribution in [0.4, 0.5) is 0 Å². The molecule has 2 nitrogen and oxygen atoms in total. The molecule has 0 aliphatic carbocycles. The second-order valence-electron chi connectivity index (χ2n) is 3.94. The average molecular weight is 211 g/mol. The van der Waals surface area contributed by atoms with E-state index in [0.29, 0.717) is 5.56 Å². The van der Waals surface area contributed by atoms with Crippen LogP contribution in [0.5, 0.6) is 0 Å². The molecule has 1 heterocycles. The number of aryl methyl sites for hydroxylation is 2. The highest BCUT2D eigenvalue weighted by Gasteiger charge is 2.03. The molecule has 16 heavy (non-hydrogen) atoms. The van der Waals surface area contributed by atoms with Gasteiger partial charge in [-0.1, -0.05) is 23.8 Å². The molecule has 2 rings (SSSR count). The first-order valence-corrected chi connectivity index (χ1v) is 5.18. The zero-order valence-electron chi connectivity index (χ0n) is 9.40. The predicted molar refractivity (Wildman–Crippen MR) is 64.5 cm³/mol. The number of hydrogen-bond acceptors (Lipinski definition) is 2. The molecule has 0 fully saturated rings. The van der Waals surface area contributed by atoms with Crippen LogP contribution in [0.2, 0.25) is 0 Å². The average Bonchev–Trinajstić information content (AvgIpc) is 2.29. The molecule has 0 bridgehead atoms. The first-order valence-electron chi connectivity index (χ1n) is 5.18. The van der Waals surface area contributed by atoms with E-state index in [1.54, 1.807) is 12.4 Å². The molecule has 1 aromatic carbocycles. The van der Waals surface area contributed by atoms with E-state index in [2.05, 4.69) is 37.0 Å². The van der Waals surface area contributed by atoms with Crippen LogP contribution in [0.15, 0.2) is 36.7 Å². The number of aldehydes is 1. The van der Waals surface area contributed by atoms with Crippen molar-refractivity contribution < 1.29 is 4.79 Å². The van der Waals surface area contributed by atoms with E-state index in [9.17, 15) is 4.79 Å². The van der Waals surface area contributed by atoms with E-state index < -0.39 is 0 Å². The van der Waals surface area contributed by atoms with Crippen molar-refractivity contribution in [2.24, 2.45) is 0 Å². The van der Waals surface area contributed by atoms with Crippen LogP contribution in [-0.4, -0.2) is 11.3 Å². The summed E-state index contributed by atoms with van der Waals surface area (Å²) in [4.78, 5) is 14.8. The molecule has 0 amide bonds. The van der Waals surface area contributed by atoms with Gasteiger partial charge in [-0.3, -0.25) is 9.78 Å². The van der Waals surface area contributed by atoms with E-state index in [4.69, 9.17) is 0 Å². The molecular weight excluding hydrogens is 198 g/mol. The molecule has 2 aromatic rings. The molecule has 0 radical (unpaired) electrons. The minimum absolute atomic E-state index is 0.609. The maximum atomic E-state index is 10.7. The lowest BCUT2D eigenvalue weighted by Crippen LogP contribution is -1.88. The Morgan fingerprint density at radius 2 is 1.94 bits per heavy atom. The minimum Gasteiger partial charge on any atom is -0.298 e. The standard InChI is InChI=1S/C14H13NO/c1-10-3-4-14(11(2)5-10)13-6-12(9-16)7-15-8-13/h3-9H,1-2H3. The summed E-state index contributed by atoms with van der Waals surface area (Å²) < 4.78 is 0. The highest BCUT2D eigenvalue weighted by atomic mass is 16.1. The van der Waals surface area contributed by atoms with Crippen molar-refractivity contribution in [2.45, 2.75) is 13.8 Å². The van der Waals surface area contributed by atoms with Gasteiger partial charge in [0.25, 0.3) is 0 Å².